The topological polar surface area (TPSA) is 73.7 Å². The standard InChI is InChI=1S/C14H21N3O3S/c1-10-15-11(9-21-10)8-16(2)14(20)17-6-4-3-5-12(17)7-13(18)19/h9,12H,3-8H2,1-2H3,(H,18,19). The molecule has 0 bridgehead atoms. The van der Waals surface area contributed by atoms with E-state index in [4.69, 9.17) is 5.11 Å². The normalized spacial score (nSPS) is 18.6. The lowest BCUT2D eigenvalue weighted by Crippen LogP contribution is -2.49. The van der Waals surface area contributed by atoms with Crippen molar-refractivity contribution in [1.29, 1.82) is 0 Å². The number of likely N-dealkylation sites (tertiary alicyclic amines) is 1. The summed E-state index contributed by atoms with van der Waals surface area (Å²) in [6, 6.07) is -0.296. The number of carboxylic acid groups (broad SMARTS) is 1. The molecule has 1 N–H and O–H groups in total. The molecule has 2 rings (SSSR count). The third-order valence-electron chi connectivity index (χ3n) is 3.68. The lowest BCUT2D eigenvalue weighted by molar-refractivity contribution is -0.138. The molecule has 1 aliphatic rings. The number of aryl methyl sites for hydroxylation is 1. The molecule has 1 aliphatic heterocycles. The molecular formula is C14H21N3O3S. The molecule has 2 heterocycles. The Morgan fingerprint density at radius 2 is 2.29 bits per heavy atom. The Morgan fingerprint density at radius 3 is 2.90 bits per heavy atom. The first-order chi connectivity index (χ1) is 9.97. The van der Waals surface area contributed by atoms with E-state index in [9.17, 15) is 9.59 Å². The highest BCUT2D eigenvalue weighted by atomic mass is 32.1. The van der Waals surface area contributed by atoms with Crippen LogP contribution in [0.5, 0.6) is 0 Å². The number of aliphatic carboxylic acids is 1. The fraction of sp³-hybridized carbons (Fsp3) is 0.643. The molecule has 0 radical (unpaired) electrons. The second-order valence-electron chi connectivity index (χ2n) is 5.44. The van der Waals surface area contributed by atoms with Crippen molar-refractivity contribution in [2.45, 2.75) is 45.2 Å². The summed E-state index contributed by atoms with van der Waals surface area (Å²) in [4.78, 5) is 31.2. The lowest BCUT2D eigenvalue weighted by atomic mass is 10.00. The number of carbonyl (C=O) groups is 2. The van der Waals surface area contributed by atoms with Crippen LogP contribution in [0.1, 0.15) is 36.4 Å². The zero-order chi connectivity index (χ0) is 15.4. The van der Waals surface area contributed by atoms with Gasteiger partial charge < -0.3 is 14.9 Å². The second kappa shape index (κ2) is 6.89. The molecule has 6 nitrogen and oxygen atoms in total. The van der Waals surface area contributed by atoms with Gasteiger partial charge in [-0.2, -0.15) is 0 Å². The Kier molecular flexibility index (Phi) is 5.17. The van der Waals surface area contributed by atoms with E-state index in [1.807, 2.05) is 12.3 Å². The molecule has 1 aromatic heterocycles. The maximum Gasteiger partial charge on any atom is 0.320 e. The lowest BCUT2D eigenvalue weighted by Gasteiger charge is -2.37. The molecule has 0 aromatic carbocycles. The summed E-state index contributed by atoms with van der Waals surface area (Å²) < 4.78 is 0. The molecule has 2 amide bonds. The number of aromatic nitrogens is 1. The number of rotatable bonds is 4. The van der Waals surface area contributed by atoms with Crippen LogP contribution in [0.25, 0.3) is 0 Å². The first-order valence-electron chi connectivity index (χ1n) is 7.12. The van der Waals surface area contributed by atoms with Gasteiger partial charge in [-0.1, -0.05) is 0 Å². The van der Waals surface area contributed by atoms with Gasteiger partial charge >= 0.3 is 12.0 Å². The van der Waals surface area contributed by atoms with Gasteiger partial charge in [-0.05, 0) is 26.2 Å². The van der Waals surface area contributed by atoms with E-state index < -0.39 is 5.97 Å². The predicted molar refractivity (Wildman–Crippen MR) is 80.3 cm³/mol. The number of hydrogen-bond acceptors (Lipinski definition) is 4. The largest absolute Gasteiger partial charge is 0.481 e. The SMILES string of the molecule is Cc1nc(CN(C)C(=O)N2CCCCC2CC(=O)O)cs1. The number of thiazole rings is 1. The maximum absolute atomic E-state index is 12.5. The van der Waals surface area contributed by atoms with E-state index in [0.717, 1.165) is 30.0 Å². The average molecular weight is 311 g/mol. The van der Waals surface area contributed by atoms with Gasteiger partial charge in [0.05, 0.1) is 23.7 Å². The zero-order valence-electron chi connectivity index (χ0n) is 12.4. The van der Waals surface area contributed by atoms with Gasteiger partial charge in [0, 0.05) is 25.0 Å². The van der Waals surface area contributed by atoms with E-state index in [-0.39, 0.29) is 18.5 Å². The molecule has 0 saturated carbocycles. The average Bonchev–Trinajstić information content (AvgIpc) is 2.83. The third kappa shape index (κ3) is 4.17. The summed E-state index contributed by atoms with van der Waals surface area (Å²) in [5.41, 5.74) is 0.875. The third-order valence-corrected chi connectivity index (χ3v) is 4.50. The molecule has 1 saturated heterocycles. The molecular weight excluding hydrogens is 290 g/mol. The molecule has 1 unspecified atom stereocenters. The quantitative estimate of drug-likeness (QED) is 0.926. The number of urea groups is 1. The number of nitrogens with zero attached hydrogens (tertiary/aromatic N) is 3. The van der Waals surface area contributed by atoms with Crippen molar-refractivity contribution in [2.24, 2.45) is 0 Å². The van der Waals surface area contributed by atoms with E-state index in [1.165, 1.54) is 0 Å². The second-order valence-corrected chi connectivity index (χ2v) is 6.50. The van der Waals surface area contributed by atoms with Gasteiger partial charge in [0.2, 0.25) is 0 Å². The molecule has 116 valence electrons. The van der Waals surface area contributed by atoms with E-state index in [0.29, 0.717) is 13.1 Å². The van der Waals surface area contributed by atoms with Crippen LogP contribution in [0.2, 0.25) is 0 Å². The number of piperidine rings is 1. The van der Waals surface area contributed by atoms with Crippen molar-refractivity contribution < 1.29 is 14.7 Å². The van der Waals surface area contributed by atoms with Crippen molar-refractivity contribution in [1.82, 2.24) is 14.8 Å². The van der Waals surface area contributed by atoms with E-state index in [2.05, 4.69) is 4.98 Å². The Labute approximate surface area is 128 Å². The van der Waals surface area contributed by atoms with Crippen molar-refractivity contribution in [3.8, 4) is 0 Å². The predicted octanol–water partition coefficient (Wildman–Crippen LogP) is 2.33. The van der Waals surface area contributed by atoms with Crippen LogP contribution in [-0.4, -0.2) is 51.5 Å². The van der Waals surface area contributed by atoms with Crippen molar-refractivity contribution in [2.75, 3.05) is 13.6 Å². The maximum atomic E-state index is 12.5. The highest BCUT2D eigenvalue weighted by Crippen LogP contribution is 2.21. The van der Waals surface area contributed by atoms with Crippen molar-refractivity contribution in [3.05, 3.63) is 16.1 Å². The first-order valence-corrected chi connectivity index (χ1v) is 8.00. The number of carbonyl (C=O) groups excluding carboxylic acids is 1. The minimum atomic E-state index is -0.850. The highest BCUT2D eigenvalue weighted by molar-refractivity contribution is 7.09. The minimum absolute atomic E-state index is 0.0232. The Morgan fingerprint density at radius 1 is 1.52 bits per heavy atom. The van der Waals surface area contributed by atoms with Crippen LogP contribution in [-0.2, 0) is 11.3 Å². The molecule has 7 heteroatoms. The summed E-state index contributed by atoms with van der Waals surface area (Å²) in [7, 11) is 1.74. The van der Waals surface area contributed by atoms with Gasteiger partial charge in [-0.15, -0.1) is 11.3 Å². The number of carboxylic acids is 1. The molecule has 1 aromatic rings. The van der Waals surface area contributed by atoms with E-state index >= 15 is 0 Å². The summed E-state index contributed by atoms with van der Waals surface area (Å²) >= 11 is 1.56. The van der Waals surface area contributed by atoms with Gasteiger partial charge in [-0.25, -0.2) is 9.78 Å². The molecule has 1 fully saturated rings. The fourth-order valence-corrected chi connectivity index (χ4v) is 3.28. The van der Waals surface area contributed by atoms with E-state index in [1.54, 1.807) is 28.2 Å². The molecule has 21 heavy (non-hydrogen) atoms. The minimum Gasteiger partial charge on any atom is -0.481 e. The summed E-state index contributed by atoms with van der Waals surface area (Å²) in [6.07, 6.45) is 2.71. The Balaban J connectivity index is 2.00. The van der Waals surface area contributed by atoms with Gasteiger partial charge in [0.25, 0.3) is 0 Å². The van der Waals surface area contributed by atoms with Crippen molar-refractivity contribution >= 4 is 23.3 Å². The van der Waals surface area contributed by atoms with Crippen LogP contribution >= 0.6 is 11.3 Å². The smallest absolute Gasteiger partial charge is 0.320 e. The zero-order valence-corrected chi connectivity index (χ0v) is 13.2. The molecule has 0 aliphatic carbocycles. The van der Waals surface area contributed by atoms with Crippen LogP contribution in [0, 0.1) is 6.92 Å². The first kappa shape index (κ1) is 15.8. The van der Waals surface area contributed by atoms with Gasteiger partial charge in [0.1, 0.15) is 0 Å². The van der Waals surface area contributed by atoms with Gasteiger partial charge in [-0.3, -0.25) is 4.79 Å². The summed E-state index contributed by atoms with van der Waals surface area (Å²) in [5.74, 6) is -0.850. The Hall–Kier alpha value is -1.63. The molecule has 0 spiro atoms. The van der Waals surface area contributed by atoms with Crippen LogP contribution < -0.4 is 0 Å². The van der Waals surface area contributed by atoms with Crippen molar-refractivity contribution in [3.63, 3.8) is 0 Å². The Bertz CT molecular complexity index is 517. The number of hydrogen-bond donors (Lipinski definition) is 1. The summed E-state index contributed by atoms with van der Waals surface area (Å²) in [5, 5.41) is 11.9. The molecule has 1 atom stereocenters. The highest BCUT2D eigenvalue weighted by Gasteiger charge is 2.30. The number of amides is 2. The fourth-order valence-electron chi connectivity index (χ4n) is 2.68. The van der Waals surface area contributed by atoms with Crippen LogP contribution in [0.15, 0.2) is 5.38 Å². The van der Waals surface area contributed by atoms with Gasteiger partial charge in [0.15, 0.2) is 0 Å². The summed E-state index contributed by atoms with van der Waals surface area (Å²) in [6.45, 7) is 3.03. The van der Waals surface area contributed by atoms with Crippen LogP contribution in [0.3, 0.4) is 0 Å². The van der Waals surface area contributed by atoms with Crippen LogP contribution in [0.4, 0.5) is 4.79 Å². The monoisotopic (exact) mass is 311 g/mol.